The van der Waals surface area contributed by atoms with Crippen LogP contribution in [0.25, 0.3) is 0 Å². The van der Waals surface area contributed by atoms with Crippen LogP contribution in [0.2, 0.25) is 0 Å². The Balaban J connectivity index is 2.00. The van der Waals surface area contributed by atoms with Crippen LogP contribution < -0.4 is 0 Å². The molecule has 0 heterocycles. The number of aliphatic hydroxyl groups excluding tert-OH is 1. The molecule has 0 saturated heterocycles. The van der Waals surface area contributed by atoms with E-state index in [-0.39, 0.29) is 6.10 Å². The predicted octanol–water partition coefficient (Wildman–Crippen LogP) is 3.25. The lowest BCUT2D eigenvalue weighted by Crippen LogP contribution is -2.06. The van der Waals surface area contributed by atoms with Crippen LogP contribution >= 0.6 is 0 Å². The Morgan fingerprint density at radius 3 is 2.93 bits per heavy atom. The van der Waals surface area contributed by atoms with Crippen LogP contribution in [0.15, 0.2) is 36.9 Å². The van der Waals surface area contributed by atoms with Gasteiger partial charge in [0.15, 0.2) is 0 Å². The van der Waals surface area contributed by atoms with Crippen LogP contribution in [-0.4, -0.2) is 5.11 Å². The maximum absolute atomic E-state index is 10.1. The number of unbranched alkanes of at least 4 members (excludes halogenated alkanes) is 1. The molecule has 0 spiro atoms. The van der Waals surface area contributed by atoms with Crippen LogP contribution in [0.5, 0.6) is 0 Å². The second-order valence-corrected chi connectivity index (χ2v) is 4.33. The van der Waals surface area contributed by atoms with Gasteiger partial charge >= 0.3 is 0 Å². The molecule has 1 nitrogen and oxygen atoms in total. The Morgan fingerprint density at radius 2 is 2.20 bits per heavy atom. The lowest BCUT2D eigenvalue weighted by Gasteiger charge is -2.13. The van der Waals surface area contributed by atoms with Crippen LogP contribution in [0.1, 0.15) is 36.5 Å². The van der Waals surface area contributed by atoms with E-state index in [1.807, 2.05) is 18.2 Å². The molecule has 1 aliphatic carbocycles. The predicted molar refractivity (Wildman–Crippen MR) is 62.6 cm³/mol. The molecular formula is C14H18O. The monoisotopic (exact) mass is 202 g/mol. The SMILES string of the molecule is C=CCCCC1Cc2ccccc2C1O. The van der Waals surface area contributed by atoms with Crippen LogP contribution in [0.4, 0.5) is 0 Å². The number of rotatable bonds is 4. The summed E-state index contributed by atoms with van der Waals surface area (Å²) in [5.74, 6) is 0.419. The van der Waals surface area contributed by atoms with Gasteiger partial charge in [0.2, 0.25) is 0 Å². The minimum absolute atomic E-state index is 0.244. The minimum atomic E-state index is -0.244. The first-order chi connectivity index (χ1) is 7.33. The second kappa shape index (κ2) is 4.63. The van der Waals surface area contributed by atoms with E-state index in [0.717, 1.165) is 31.2 Å². The fourth-order valence-corrected chi connectivity index (χ4v) is 2.44. The van der Waals surface area contributed by atoms with E-state index in [0.29, 0.717) is 5.92 Å². The summed E-state index contributed by atoms with van der Waals surface area (Å²) in [6.07, 6.45) is 6.04. The van der Waals surface area contributed by atoms with Gasteiger partial charge in [-0.05, 0) is 42.7 Å². The number of aliphatic hydroxyl groups is 1. The topological polar surface area (TPSA) is 20.2 Å². The van der Waals surface area contributed by atoms with Crippen molar-refractivity contribution in [3.63, 3.8) is 0 Å². The molecule has 0 bridgehead atoms. The van der Waals surface area contributed by atoms with Crippen molar-refractivity contribution in [2.75, 3.05) is 0 Å². The van der Waals surface area contributed by atoms with Gasteiger partial charge in [-0.25, -0.2) is 0 Å². The summed E-state index contributed by atoms with van der Waals surface area (Å²) in [6, 6.07) is 8.24. The summed E-state index contributed by atoms with van der Waals surface area (Å²) < 4.78 is 0. The molecule has 1 heteroatoms. The van der Waals surface area contributed by atoms with Crippen molar-refractivity contribution < 1.29 is 5.11 Å². The van der Waals surface area contributed by atoms with Gasteiger partial charge in [0, 0.05) is 0 Å². The summed E-state index contributed by atoms with van der Waals surface area (Å²) >= 11 is 0. The molecule has 1 aromatic carbocycles. The van der Waals surface area contributed by atoms with Crippen molar-refractivity contribution in [1.29, 1.82) is 0 Å². The Labute approximate surface area is 91.4 Å². The molecule has 0 fully saturated rings. The first-order valence-corrected chi connectivity index (χ1v) is 5.69. The quantitative estimate of drug-likeness (QED) is 0.587. The fraction of sp³-hybridized carbons (Fsp3) is 0.429. The summed E-state index contributed by atoms with van der Waals surface area (Å²) in [7, 11) is 0. The lowest BCUT2D eigenvalue weighted by atomic mass is 9.97. The lowest BCUT2D eigenvalue weighted by molar-refractivity contribution is 0.117. The zero-order valence-corrected chi connectivity index (χ0v) is 9.02. The fourth-order valence-electron chi connectivity index (χ4n) is 2.44. The highest BCUT2D eigenvalue weighted by Gasteiger charge is 2.29. The summed E-state index contributed by atoms with van der Waals surface area (Å²) in [5, 5.41) is 10.1. The standard InChI is InChI=1S/C14H18O/c1-2-3-4-8-12-10-11-7-5-6-9-13(11)14(12)15/h2,5-7,9,12,14-15H,1,3-4,8,10H2. The average Bonchev–Trinajstić information content (AvgIpc) is 2.57. The third-order valence-electron chi connectivity index (χ3n) is 3.29. The first kappa shape index (κ1) is 10.4. The molecule has 0 saturated carbocycles. The van der Waals surface area contributed by atoms with Crippen LogP contribution in [0, 0.1) is 5.92 Å². The third kappa shape index (κ3) is 2.13. The Kier molecular flexibility index (Phi) is 3.22. The van der Waals surface area contributed by atoms with E-state index in [2.05, 4.69) is 18.7 Å². The zero-order chi connectivity index (χ0) is 10.7. The zero-order valence-electron chi connectivity index (χ0n) is 9.02. The van der Waals surface area contributed by atoms with Gasteiger partial charge < -0.3 is 5.11 Å². The van der Waals surface area contributed by atoms with Gasteiger partial charge in [0.05, 0.1) is 6.10 Å². The Hall–Kier alpha value is -1.08. The third-order valence-corrected chi connectivity index (χ3v) is 3.29. The molecule has 2 unspecified atom stereocenters. The van der Waals surface area contributed by atoms with Crippen LogP contribution in [-0.2, 0) is 6.42 Å². The van der Waals surface area contributed by atoms with Crippen molar-refractivity contribution in [1.82, 2.24) is 0 Å². The molecule has 0 aliphatic heterocycles. The molecule has 0 amide bonds. The number of fused-ring (bicyclic) bond motifs is 1. The van der Waals surface area contributed by atoms with E-state index in [1.54, 1.807) is 0 Å². The van der Waals surface area contributed by atoms with E-state index >= 15 is 0 Å². The van der Waals surface area contributed by atoms with E-state index in [4.69, 9.17) is 0 Å². The summed E-state index contributed by atoms with van der Waals surface area (Å²) in [5.41, 5.74) is 2.47. The molecular weight excluding hydrogens is 184 g/mol. The first-order valence-electron chi connectivity index (χ1n) is 5.69. The normalized spacial score (nSPS) is 23.8. The second-order valence-electron chi connectivity index (χ2n) is 4.33. The molecule has 0 aromatic heterocycles. The summed E-state index contributed by atoms with van der Waals surface area (Å²) in [6.45, 7) is 3.72. The van der Waals surface area contributed by atoms with Crippen LogP contribution in [0.3, 0.4) is 0 Å². The van der Waals surface area contributed by atoms with Gasteiger partial charge in [-0.3, -0.25) is 0 Å². The number of allylic oxidation sites excluding steroid dienone is 1. The van der Waals surface area contributed by atoms with Crippen molar-refractivity contribution in [3.8, 4) is 0 Å². The average molecular weight is 202 g/mol. The molecule has 15 heavy (non-hydrogen) atoms. The highest BCUT2D eigenvalue weighted by Crippen LogP contribution is 2.38. The number of benzene rings is 1. The van der Waals surface area contributed by atoms with E-state index in [1.165, 1.54) is 5.56 Å². The molecule has 0 radical (unpaired) electrons. The minimum Gasteiger partial charge on any atom is -0.388 e. The number of hydrogen-bond donors (Lipinski definition) is 1. The van der Waals surface area contributed by atoms with Gasteiger partial charge in [-0.2, -0.15) is 0 Å². The van der Waals surface area contributed by atoms with E-state index < -0.39 is 0 Å². The Morgan fingerprint density at radius 1 is 1.40 bits per heavy atom. The number of hydrogen-bond acceptors (Lipinski definition) is 1. The molecule has 80 valence electrons. The maximum Gasteiger partial charge on any atom is 0.0824 e. The molecule has 1 aromatic rings. The molecule has 1 N–H and O–H groups in total. The van der Waals surface area contributed by atoms with Crippen molar-refractivity contribution >= 4 is 0 Å². The van der Waals surface area contributed by atoms with E-state index in [9.17, 15) is 5.11 Å². The molecule has 1 aliphatic rings. The maximum atomic E-state index is 10.1. The molecule has 2 atom stereocenters. The van der Waals surface area contributed by atoms with Gasteiger partial charge in [-0.1, -0.05) is 30.3 Å². The van der Waals surface area contributed by atoms with Crippen molar-refractivity contribution in [2.45, 2.75) is 31.8 Å². The smallest absolute Gasteiger partial charge is 0.0824 e. The Bertz CT molecular complexity index is 343. The highest BCUT2D eigenvalue weighted by atomic mass is 16.3. The van der Waals surface area contributed by atoms with Crippen molar-refractivity contribution in [2.24, 2.45) is 5.92 Å². The van der Waals surface area contributed by atoms with Gasteiger partial charge in [-0.15, -0.1) is 6.58 Å². The summed E-state index contributed by atoms with van der Waals surface area (Å²) in [4.78, 5) is 0. The highest BCUT2D eigenvalue weighted by molar-refractivity contribution is 5.34. The molecule has 2 rings (SSSR count). The van der Waals surface area contributed by atoms with Crippen molar-refractivity contribution in [3.05, 3.63) is 48.0 Å². The largest absolute Gasteiger partial charge is 0.388 e. The van der Waals surface area contributed by atoms with Gasteiger partial charge in [0.1, 0.15) is 0 Å². The van der Waals surface area contributed by atoms with Gasteiger partial charge in [0.25, 0.3) is 0 Å².